The highest BCUT2D eigenvalue weighted by molar-refractivity contribution is 6.05. The van der Waals surface area contributed by atoms with E-state index in [1.165, 1.54) is 29.9 Å². The minimum atomic E-state index is -4.72. The van der Waals surface area contributed by atoms with Crippen molar-refractivity contribution >= 4 is 44.3 Å². The van der Waals surface area contributed by atoms with Crippen LogP contribution in [0, 0.1) is 0 Å². The van der Waals surface area contributed by atoms with Crippen molar-refractivity contribution < 1.29 is 22.7 Å². The first-order valence-corrected chi connectivity index (χ1v) is 15.7. The molecule has 3 aromatic carbocycles. The molecule has 0 bridgehead atoms. The first-order valence-electron chi connectivity index (χ1n) is 15.7. The molecule has 0 spiro atoms. The second kappa shape index (κ2) is 13.8. The quantitative estimate of drug-likeness (QED) is 0.146. The Labute approximate surface area is 274 Å². The van der Waals surface area contributed by atoms with Crippen LogP contribution in [0.25, 0.3) is 49.5 Å². The van der Waals surface area contributed by atoms with Crippen molar-refractivity contribution in [1.82, 2.24) is 19.4 Å². The predicted molar refractivity (Wildman–Crippen MR) is 182 cm³/mol. The molecule has 0 fully saturated rings. The maximum absolute atomic E-state index is 14.5. The SMILES string of the molecule is CCCN(CCNc1ccc(-n2c(=O)ccc3cnc4ccc(-c5cnc6ccccc6c5)cc4c32)cc1C(F)(F)F)C(=O)CCOC. The molecule has 246 valence electrons. The van der Waals surface area contributed by atoms with Crippen molar-refractivity contribution in [2.75, 3.05) is 38.7 Å². The van der Waals surface area contributed by atoms with Crippen LogP contribution < -0.4 is 10.9 Å². The summed E-state index contributed by atoms with van der Waals surface area (Å²) in [4.78, 5) is 36.8. The Bertz CT molecular complexity index is 2180. The van der Waals surface area contributed by atoms with Crippen LogP contribution in [0.1, 0.15) is 25.3 Å². The van der Waals surface area contributed by atoms with Gasteiger partial charge in [0.2, 0.25) is 5.91 Å². The van der Waals surface area contributed by atoms with Gasteiger partial charge in [0, 0.05) is 72.6 Å². The first-order chi connectivity index (χ1) is 23.2. The molecule has 6 rings (SSSR count). The molecule has 3 heterocycles. The van der Waals surface area contributed by atoms with Gasteiger partial charge in [0.05, 0.1) is 40.8 Å². The summed E-state index contributed by atoms with van der Waals surface area (Å²) in [5.74, 6) is -0.121. The average Bonchev–Trinajstić information content (AvgIpc) is 3.09. The minimum Gasteiger partial charge on any atom is -0.384 e. The molecule has 3 aromatic heterocycles. The monoisotopic (exact) mass is 653 g/mol. The number of pyridine rings is 3. The molecule has 1 amide bonds. The van der Waals surface area contributed by atoms with E-state index in [0.29, 0.717) is 34.8 Å². The number of hydrogen-bond acceptors (Lipinski definition) is 6. The number of carbonyl (C=O) groups is 1. The second-order valence-corrected chi connectivity index (χ2v) is 11.5. The van der Waals surface area contributed by atoms with E-state index >= 15 is 0 Å². The van der Waals surface area contributed by atoms with Crippen LogP contribution in [0.3, 0.4) is 0 Å². The van der Waals surface area contributed by atoms with Crippen molar-refractivity contribution in [2.45, 2.75) is 25.9 Å². The number of amides is 1. The topological polar surface area (TPSA) is 89.4 Å². The molecule has 6 aromatic rings. The van der Waals surface area contributed by atoms with Crippen LogP contribution in [0.5, 0.6) is 0 Å². The highest BCUT2D eigenvalue weighted by Crippen LogP contribution is 2.37. The van der Waals surface area contributed by atoms with E-state index in [1.807, 2.05) is 55.5 Å². The molecule has 11 heteroatoms. The number of carbonyl (C=O) groups excluding carboxylic acids is 1. The van der Waals surface area contributed by atoms with Gasteiger partial charge in [0.25, 0.3) is 5.56 Å². The summed E-state index contributed by atoms with van der Waals surface area (Å²) in [6, 6.07) is 22.2. The number of rotatable bonds is 11. The lowest BCUT2D eigenvalue weighted by atomic mass is 10.0. The number of para-hydroxylation sites is 1. The van der Waals surface area contributed by atoms with Crippen LogP contribution in [0.15, 0.2) is 96.1 Å². The number of nitrogens with one attached hydrogen (secondary N) is 1. The van der Waals surface area contributed by atoms with Crippen molar-refractivity contribution in [3.8, 4) is 16.8 Å². The summed E-state index contributed by atoms with van der Waals surface area (Å²) in [6.07, 6.45) is -0.422. The minimum absolute atomic E-state index is 0.0658. The number of fused-ring (bicyclic) bond motifs is 4. The number of aromatic nitrogens is 3. The van der Waals surface area contributed by atoms with Gasteiger partial charge < -0.3 is 15.0 Å². The molecule has 0 aliphatic carbocycles. The molecule has 8 nitrogen and oxygen atoms in total. The van der Waals surface area contributed by atoms with E-state index < -0.39 is 17.3 Å². The fourth-order valence-electron chi connectivity index (χ4n) is 5.94. The summed E-state index contributed by atoms with van der Waals surface area (Å²) in [7, 11) is 1.51. The summed E-state index contributed by atoms with van der Waals surface area (Å²) in [5.41, 5.74) is 2.09. The van der Waals surface area contributed by atoms with Gasteiger partial charge in [-0.15, -0.1) is 0 Å². The first kappa shape index (κ1) is 32.6. The summed E-state index contributed by atoms with van der Waals surface area (Å²) >= 11 is 0. The third-order valence-corrected chi connectivity index (χ3v) is 8.27. The van der Waals surface area contributed by atoms with E-state index in [1.54, 1.807) is 23.4 Å². The lowest BCUT2D eigenvalue weighted by Gasteiger charge is -2.23. The van der Waals surface area contributed by atoms with E-state index in [-0.39, 0.29) is 43.4 Å². The number of hydrogen-bond donors (Lipinski definition) is 1. The van der Waals surface area contributed by atoms with Gasteiger partial charge in [-0.3, -0.25) is 24.1 Å². The van der Waals surface area contributed by atoms with Crippen molar-refractivity contribution in [2.24, 2.45) is 0 Å². The standard InChI is InChI=1S/C37H34F3N5O3/c1-3-16-44(34(46)14-18-48-2)17-15-41-33-12-10-28(21-30(33)37(38,39)40)45-35(47)13-9-26-22-43-32-11-8-24(20-29(32)36(26)45)27-19-25-6-4-5-7-31(25)42-23-27/h4-13,19-23,41H,3,14-18H2,1-2H3. The van der Waals surface area contributed by atoms with Gasteiger partial charge in [-0.1, -0.05) is 31.2 Å². The van der Waals surface area contributed by atoms with Crippen LogP contribution in [-0.2, 0) is 15.7 Å². The number of nitrogens with zero attached hydrogens (tertiary/aromatic N) is 4. The lowest BCUT2D eigenvalue weighted by Crippen LogP contribution is -2.36. The Kier molecular flexibility index (Phi) is 9.40. The number of methoxy groups -OCH3 is 1. The zero-order valence-corrected chi connectivity index (χ0v) is 26.6. The van der Waals surface area contributed by atoms with E-state index in [2.05, 4.69) is 15.3 Å². The van der Waals surface area contributed by atoms with Crippen LogP contribution in [0.4, 0.5) is 18.9 Å². The van der Waals surface area contributed by atoms with Crippen LogP contribution in [-0.4, -0.2) is 58.7 Å². The number of anilines is 1. The van der Waals surface area contributed by atoms with Gasteiger partial charge >= 0.3 is 6.18 Å². The zero-order chi connectivity index (χ0) is 33.8. The van der Waals surface area contributed by atoms with Crippen molar-refractivity contribution in [3.63, 3.8) is 0 Å². The molecule has 0 radical (unpaired) electrons. The summed E-state index contributed by atoms with van der Waals surface area (Å²) in [6.45, 7) is 3.03. The molecule has 0 saturated carbocycles. The second-order valence-electron chi connectivity index (χ2n) is 11.5. The summed E-state index contributed by atoms with van der Waals surface area (Å²) in [5, 5.41) is 5.04. The maximum Gasteiger partial charge on any atom is 0.418 e. The fourth-order valence-corrected chi connectivity index (χ4v) is 5.94. The number of ether oxygens (including phenoxy) is 1. The third-order valence-electron chi connectivity index (χ3n) is 8.27. The Hall–Kier alpha value is -5.29. The molecule has 0 unspecified atom stereocenters. The fraction of sp³-hybridized carbons (Fsp3) is 0.243. The third kappa shape index (κ3) is 6.72. The van der Waals surface area contributed by atoms with Gasteiger partial charge in [0.1, 0.15) is 0 Å². The Balaban J connectivity index is 1.40. The van der Waals surface area contributed by atoms with Gasteiger partial charge in [-0.05, 0) is 60.5 Å². The smallest absolute Gasteiger partial charge is 0.384 e. The number of benzene rings is 3. The van der Waals surface area contributed by atoms with Crippen LogP contribution >= 0.6 is 0 Å². The predicted octanol–water partition coefficient (Wildman–Crippen LogP) is 7.46. The van der Waals surface area contributed by atoms with Crippen molar-refractivity contribution in [1.29, 1.82) is 0 Å². The van der Waals surface area contributed by atoms with Gasteiger partial charge in [-0.2, -0.15) is 13.2 Å². The highest BCUT2D eigenvalue weighted by Gasteiger charge is 2.34. The molecule has 1 N–H and O–H groups in total. The lowest BCUT2D eigenvalue weighted by molar-refractivity contribution is -0.137. The molecule has 48 heavy (non-hydrogen) atoms. The number of halogens is 3. The zero-order valence-electron chi connectivity index (χ0n) is 26.6. The molecule has 0 saturated heterocycles. The largest absolute Gasteiger partial charge is 0.418 e. The van der Waals surface area contributed by atoms with Gasteiger partial charge in [0.15, 0.2) is 0 Å². The van der Waals surface area contributed by atoms with Gasteiger partial charge in [-0.25, -0.2) is 0 Å². The normalized spacial score (nSPS) is 11.8. The van der Waals surface area contributed by atoms with E-state index in [9.17, 15) is 22.8 Å². The van der Waals surface area contributed by atoms with Crippen LogP contribution in [0.2, 0.25) is 0 Å². The van der Waals surface area contributed by atoms with Crippen molar-refractivity contribution in [3.05, 3.63) is 107 Å². The molecule has 0 aliphatic heterocycles. The highest BCUT2D eigenvalue weighted by atomic mass is 19.4. The number of alkyl halides is 3. The Morgan fingerprint density at radius 3 is 2.50 bits per heavy atom. The molecule has 0 aliphatic rings. The average molecular weight is 654 g/mol. The van der Waals surface area contributed by atoms with E-state index in [4.69, 9.17) is 4.74 Å². The maximum atomic E-state index is 14.5. The molecular weight excluding hydrogens is 619 g/mol. The summed E-state index contributed by atoms with van der Waals surface area (Å²) < 4.78 is 49.8. The Morgan fingerprint density at radius 1 is 0.896 bits per heavy atom. The molecular formula is C37H34F3N5O3. The Morgan fingerprint density at radius 2 is 1.71 bits per heavy atom. The molecule has 0 atom stereocenters. The van der Waals surface area contributed by atoms with E-state index in [0.717, 1.165) is 28.1 Å².